The molecule has 0 aliphatic carbocycles. The molecule has 51 heavy (non-hydrogen) atoms. The predicted octanol–water partition coefficient (Wildman–Crippen LogP) is 5.00. The molecule has 2 aliphatic rings. The third-order valence-electron chi connectivity index (χ3n) is 10.5. The smallest absolute Gasteiger partial charge is 0.297 e. The van der Waals surface area contributed by atoms with Crippen LogP contribution in [0.2, 0.25) is 18.6 Å². The lowest BCUT2D eigenvalue weighted by atomic mass is 9.82. The summed E-state index contributed by atoms with van der Waals surface area (Å²) >= 11 is 0. The van der Waals surface area contributed by atoms with Gasteiger partial charge in [-0.2, -0.15) is 0 Å². The molecule has 2 aromatic heterocycles. The highest BCUT2D eigenvalue weighted by Gasteiger charge is 2.66. The Morgan fingerprint density at radius 1 is 0.980 bits per heavy atom. The highest BCUT2D eigenvalue weighted by molar-refractivity contribution is 6.71. The van der Waals surface area contributed by atoms with Crippen LogP contribution >= 0.6 is 0 Å². The van der Waals surface area contributed by atoms with Crippen molar-refractivity contribution in [3.63, 3.8) is 0 Å². The van der Waals surface area contributed by atoms with Crippen LogP contribution in [0.3, 0.4) is 0 Å². The monoisotopic (exact) mass is 705 g/mol. The zero-order valence-electron chi connectivity index (χ0n) is 29.2. The molecule has 2 aliphatic heterocycles. The van der Waals surface area contributed by atoms with E-state index in [0.717, 1.165) is 22.4 Å². The number of rotatable bonds is 11. The first-order valence-corrected chi connectivity index (χ1v) is 20.3. The average Bonchev–Trinajstić information content (AvgIpc) is 3.79. The molecule has 0 bridgehead atoms. The van der Waals surface area contributed by atoms with E-state index in [1.165, 1.54) is 11.7 Å². The minimum atomic E-state index is -2.85. The first kappa shape index (κ1) is 34.6. The molecule has 264 valence electrons. The fourth-order valence-electron chi connectivity index (χ4n) is 8.13. The van der Waals surface area contributed by atoms with Crippen LogP contribution in [0.5, 0.6) is 5.75 Å². The van der Waals surface area contributed by atoms with Gasteiger partial charge in [0.15, 0.2) is 19.7 Å². The molecule has 11 nitrogen and oxygen atoms in total. The predicted molar refractivity (Wildman–Crippen MR) is 195 cm³/mol. The first-order chi connectivity index (χ1) is 24.6. The van der Waals surface area contributed by atoms with Crippen molar-refractivity contribution in [3.05, 3.63) is 136 Å². The quantitative estimate of drug-likeness (QED) is 0.184. The zero-order valence-corrected chi connectivity index (χ0v) is 30.2. The van der Waals surface area contributed by atoms with Crippen molar-refractivity contribution in [1.29, 1.82) is 0 Å². The van der Waals surface area contributed by atoms with Crippen molar-refractivity contribution in [2.45, 2.75) is 62.7 Å². The number of anilines is 1. The van der Waals surface area contributed by atoms with Crippen LogP contribution < -0.4 is 15.2 Å². The third-order valence-corrected chi connectivity index (χ3v) is 13.0. The van der Waals surface area contributed by atoms with Gasteiger partial charge in [-0.3, -0.25) is 18.8 Å². The van der Waals surface area contributed by atoms with Crippen molar-refractivity contribution < 1.29 is 24.2 Å². The highest BCUT2D eigenvalue weighted by atomic mass is 28.4. The molecule has 1 fully saturated rings. The number of methoxy groups -OCH3 is 1. The number of benzene rings is 3. The number of aliphatic hydroxyl groups is 1. The molecule has 1 unspecified atom stereocenters. The summed E-state index contributed by atoms with van der Waals surface area (Å²) in [5.41, 5.74) is 3.07. The van der Waals surface area contributed by atoms with E-state index in [4.69, 9.17) is 9.47 Å². The van der Waals surface area contributed by atoms with Gasteiger partial charge >= 0.3 is 0 Å². The minimum Gasteiger partial charge on any atom is -0.491 e. The van der Waals surface area contributed by atoms with E-state index in [9.17, 15) is 19.5 Å². The Balaban J connectivity index is 1.14. The van der Waals surface area contributed by atoms with Gasteiger partial charge in [0.1, 0.15) is 0 Å². The van der Waals surface area contributed by atoms with E-state index < -0.39 is 20.0 Å². The summed E-state index contributed by atoms with van der Waals surface area (Å²) in [6.45, 7) is 6.56. The van der Waals surface area contributed by atoms with E-state index in [1.54, 1.807) is 27.9 Å². The summed E-state index contributed by atoms with van der Waals surface area (Å²) in [5, 5.41) is 18.9. The molecule has 5 aromatic rings. The molecule has 12 heteroatoms. The number of aliphatic hydroxyl groups excluding tert-OH is 1. The number of hydrogen-bond acceptors (Lipinski definition) is 8. The van der Waals surface area contributed by atoms with Crippen molar-refractivity contribution in [2.24, 2.45) is 5.92 Å². The lowest BCUT2D eigenvalue weighted by Gasteiger charge is -2.32. The molecule has 0 saturated carbocycles. The van der Waals surface area contributed by atoms with Crippen molar-refractivity contribution >= 4 is 19.9 Å². The molecule has 4 heterocycles. The average molecular weight is 706 g/mol. The van der Waals surface area contributed by atoms with Gasteiger partial charge in [0.2, 0.25) is 0 Å². The summed E-state index contributed by atoms with van der Waals surface area (Å²) in [7, 11) is -1.38. The molecule has 1 spiro atoms. The second-order valence-corrected chi connectivity index (χ2v) is 18.0. The molecular weight excluding hydrogens is 663 g/mol. The summed E-state index contributed by atoms with van der Waals surface area (Å²) in [6, 6.07) is 28.4. The van der Waals surface area contributed by atoms with Gasteiger partial charge in [-0.1, -0.05) is 72.8 Å². The van der Waals surface area contributed by atoms with E-state index >= 15 is 0 Å². The van der Waals surface area contributed by atoms with Crippen molar-refractivity contribution in [2.75, 3.05) is 18.6 Å². The van der Waals surface area contributed by atoms with E-state index in [1.807, 2.05) is 105 Å². The number of para-hydroxylation sites is 1. The Labute approximate surface area is 297 Å². The first-order valence-electron chi connectivity index (χ1n) is 17.3. The fourth-order valence-corrected chi connectivity index (χ4v) is 10.7. The van der Waals surface area contributed by atoms with Crippen LogP contribution in [0, 0.1) is 5.92 Å². The maximum atomic E-state index is 14.8. The number of nitrogens with zero attached hydrogens (tertiary/aromatic N) is 5. The minimum absolute atomic E-state index is 0.0920. The summed E-state index contributed by atoms with van der Waals surface area (Å²) < 4.78 is 15.5. The van der Waals surface area contributed by atoms with Gasteiger partial charge in [0.05, 0.1) is 43.7 Å². The lowest BCUT2D eigenvalue weighted by molar-refractivity contribution is -0.146. The molecule has 5 atom stereocenters. The number of hydrogen-bond donors (Lipinski definition) is 2. The molecular formula is C39H43N5O6Si. The van der Waals surface area contributed by atoms with Gasteiger partial charge in [-0.25, -0.2) is 0 Å². The molecule has 1 saturated heterocycles. The second kappa shape index (κ2) is 13.7. The fraction of sp³-hybridized carbons (Fsp3) is 0.333. The van der Waals surface area contributed by atoms with E-state index in [2.05, 4.69) is 10.3 Å². The van der Waals surface area contributed by atoms with Gasteiger partial charge in [0.25, 0.3) is 11.5 Å². The highest BCUT2D eigenvalue weighted by Crippen LogP contribution is 2.59. The molecule has 7 rings (SSSR count). The van der Waals surface area contributed by atoms with Gasteiger partial charge in [-0.05, 0) is 61.0 Å². The Morgan fingerprint density at radius 2 is 1.71 bits per heavy atom. The van der Waals surface area contributed by atoms with Crippen LogP contribution in [-0.4, -0.2) is 63.5 Å². The maximum absolute atomic E-state index is 14.8. The Kier molecular flexibility index (Phi) is 9.27. The topological polar surface area (TPSA) is 132 Å². The number of aromatic nitrogens is 4. The maximum Gasteiger partial charge on any atom is 0.297 e. The standard InChI is InChI=1S/C39H43N5O6Si/c1-26-36(51(3,4)48)34(20-22-42-24-32(40-41-42)30(25-45)28-11-6-5-7-12-28)50-39(26)31-13-8-9-14-33(31)44(38(39)47)23-27-16-18-29(19-17-27)43-21-10-15-35(49-2)37(43)46/h5-19,21,24,26,30,34,36,45,48H,20,22-23,25H2,1-4H3/t26-,30?,34+,36-,39+/m0/s1. The van der Waals surface area contributed by atoms with Gasteiger partial charge in [-0.15, -0.1) is 5.10 Å². The molecule has 2 N–H and O–H groups in total. The number of amides is 1. The van der Waals surface area contributed by atoms with Gasteiger partial charge in [0, 0.05) is 41.6 Å². The van der Waals surface area contributed by atoms with Crippen LogP contribution in [0.4, 0.5) is 5.69 Å². The van der Waals surface area contributed by atoms with Crippen LogP contribution in [0.1, 0.15) is 41.6 Å². The van der Waals surface area contributed by atoms with E-state index in [-0.39, 0.29) is 41.2 Å². The van der Waals surface area contributed by atoms with Crippen molar-refractivity contribution in [3.8, 4) is 11.4 Å². The third kappa shape index (κ3) is 6.11. The summed E-state index contributed by atoms with van der Waals surface area (Å²) in [6.07, 6.45) is 3.66. The largest absolute Gasteiger partial charge is 0.491 e. The van der Waals surface area contributed by atoms with Crippen LogP contribution in [0.15, 0.2) is 108 Å². The SMILES string of the molecule is COc1cccn(-c2ccc(CN3C(=O)[C@]4(O[C@H](CCn5cc(C(CO)c6ccccc6)nn5)[C@@H]([Si](C)(C)O)[C@@H]4C)c4ccccc43)cc2)c1=O. The molecule has 3 aromatic carbocycles. The molecule has 1 amide bonds. The zero-order chi connectivity index (χ0) is 35.9. The summed E-state index contributed by atoms with van der Waals surface area (Å²) in [5.74, 6) is -0.473. The van der Waals surface area contributed by atoms with E-state index in [0.29, 0.717) is 30.9 Å². The Bertz CT molecular complexity index is 2080. The second-order valence-electron chi connectivity index (χ2n) is 14.0. The summed E-state index contributed by atoms with van der Waals surface area (Å²) in [4.78, 5) is 41.0. The van der Waals surface area contributed by atoms with Crippen molar-refractivity contribution in [1.82, 2.24) is 19.6 Å². The lowest BCUT2D eigenvalue weighted by Crippen LogP contribution is -2.46. The number of fused-ring (bicyclic) bond motifs is 2. The number of carbonyl (C=O) groups excluding carboxylic acids is 1. The number of pyridine rings is 1. The number of ether oxygens (including phenoxy) is 2. The Hall–Kier alpha value is -4.88. The number of carbonyl (C=O) groups is 1. The normalized spacial score (nSPS) is 22.0. The Morgan fingerprint density at radius 3 is 2.41 bits per heavy atom. The van der Waals surface area contributed by atoms with Gasteiger partial charge < -0.3 is 24.3 Å². The van der Waals surface area contributed by atoms with Crippen LogP contribution in [-0.2, 0) is 28.2 Å². The number of aryl methyl sites for hydroxylation is 1. The van der Waals surface area contributed by atoms with Crippen LogP contribution in [0.25, 0.3) is 5.69 Å². The molecule has 0 radical (unpaired) electrons.